The van der Waals surface area contributed by atoms with E-state index in [1.165, 1.54) is 57.9 Å². The zero-order valence-corrected chi connectivity index (χ0v) is 10.8. The topological polar surface area (TPSA) is 12.0 Å². The summed E-state index contributed by atoms with van der Waals surface area (Å²) in [6.45, 7) is 3.78. The molecule has 0 aromatic rings. The minimum atomic E-state index is 0.841. The van der Waals surface area contributed by atoms with Gasteiger partial charge < -0.3 is 5.32 Å². The van der Waals surface area contributed by atoms with E-state index in [0.717, 1.165) is 29.7 Å². The molecule has 0 amide bonds. The molecule has 3 fully saturated rings. The fourth-order valence-electron chi connectivity index (χ4n) is 3.67. The lowest BCUT2D eigenvalue weighted by Gasteiger charge is -2.31. The average Bonchev–Trinajstić information content (AvgIpc) is 3.15. The van der Waals surface area contributed by atoms with Crippen LogP contribution in [0.15, 0.2) is 0 Å². The summed E-state index contributed by atoms with van der Waals surface area (Å²) in [5.41, 5.74) is 0. The SMILES string of the molecule is CC1CCCCC1NCC(C1CC1)C1CC1. The number of hydrogen-bond acceptors (Lipinski definition) is 1. The Labute approximate surface area is 100 Å². The number of hydrogen-bond donors (Lipinski definition) is 1. The maximum atomic E-state index is 3.91. The van der Waals surface area contributed by atoms with E-state index in [9.17, 15) is 0 Å². The van der Waals surface area contributed by atoms with Gasteiger partial charge in [-0.3, -0.25) is 0 Å². The highest BCUT2D eigenvalue weighted by Gasteiger charge is 2.41. The van der Waals surface area contributed by atoms with Crippen LogP contribution >= 0.6 is 0 Å². The standard InChI is InChI=1S/C15H27N/c1-11-4-2-3-5-15(11)16-10-14(12-6-7-12)13-8-9-13/h11-16H,2-10H2,1H3. The summed E-state index contributed by atoms with van der Waals surface area (Å²) in [6.07, 6.45) is 11.9. The normalized spacial score (nSPS) is 35.6. The Morgan fingerprint density at radius 1 is 0.938 bits per heavy atom. The Balaban J connectivity index is 1.46. The molecule has 2 atom stereocenters. The van der Waals surface area contributed by atoms with Crippen molar-refractivity contribution in [3.63, 3.8) is 0 Å². The van der Waals surface area contributed by atoms with Gasteiger partial charge in [0.1, 0.15) is 0 Å². The molecule has 1 N–H and O–H groups in total. The first kappa shape index (κ1) is 11.1. The van der Waals surface area contributed by atoms with Crippen LogP contribution in [0.5, 0.6) is 0 Å². The molecular formula is C15H27N. The van der Waals surface area contributed by atoms with Crippen LogP contribution in [-0.2, 0) is 0 Å². The number of rotatable bonds is 5. The van der Waals surface area contributed by atoms with Crippen LogP contribution in [-0.4, -0.2) is 12.6 Å². The summed E-state index contributed by atoms with van der Waals surface area (Å²) < 4.78 is 0. The summed E-state index contributed by atoms with van der Waals surface area (Å²) in [4.78, 5) is 0. The molecule has 16 heavy (non-hydrogen) atoms. The van der Waals surface area contributed by atoms with E-state index < -0.39 is 0 Å². The lowest BCUT2D eigenvalue weighted by molar-refractivity contribution is 0.254. The molecule has 0 radical (unpaired) electrons. The van der Waals surface area contributed by atoms with Crippen LogP contribution in [0.25, 0.3) is 0 Å². The molecule has 0 aromatic heterocycles. The molecule has 0 spiro atoms. The molecule has 2 unspecified atom stereocenters. The minimum absolute atomic E-state index is 0.841. The van der Waals surface area contributed by atoms with E-state index >= 15 is 0 Å². The smallest absolute Gasteiger partial charge is 0.00928 e. The van der Waals surface area contributed by atoms with Gasteiger partial charge in [0.25, 0.3) is 0 Å². The zero-order valence-electron chi connectivity index (χ0n) is 10.8. The van der Waals surface area contributed by atoms with E-state index in [-0.39, 0.29) is 0 Å². The van der Waals surface area contributed by atoms with Crippen molar-refractivity contribution in [2.45, 2.75) is 64.3 Å². The highest BCUT2D eigenvalue weighted by atomic mass is 14.9. The van der Waals surface area contributed by atoms with Crippen LogP contribution in [0.1, 0.15) is 58.3 Å². The van der Waals surface area contributed by atoms with Crippen molar-refractivity contribution in [3.05, 3.63) is 0 Å². The van der Waals surface area contributed by atoms with Gasteiger partial charge in [0.05, 0.1) is 0 Å². The molecule has 0 saturated heterocycles. The van der Waals surface area contributed by atoms with Gasteiger partial charge in [-0.15, -0.1) is 0 Å². The van der Waals surface area contributed by atoms with E-state index in [1.807, 2.05) is 0 Å². The predicted molar refractivity (Wildman–Crippen MR) is 68.4 cm³/mol. The molecular weight excluding hydrogens is 194 g/mol. The van der Waals surface area contributed by atoms with Gasteiger partial charge in [0, 0.05) is 6.04 Å². The molecule has 3 aliphatic rings. The molecule has 0 aromatic carbocycles. The van der Waals surface area contributed by atoms with Crippen molar-refractivity contribution in [1.82, 2.24) is 5.32 Å². The highest BCUT2D eigenvalue weighted by molar-refractivity contribution is 4.93. The molecule has 1 nitrogen and oxygen atoms in total. The fraction of sp³-hybridized carbons (Fsp3) is 1.00. The monoisotopic (exact) mass is 221 g/mol. The Hall–Kier alpha value is -0.0400. The fourth-order valence-corrected chi connectivity index (χ4v) is 3.67. The third-order valence-corrected chi connectivity index (χ3v) is 5.18. The molecule has 3 saturated carbocycles. The molecule has 0 bridgehead atoms. The second-order valence-electron chi connectivity index (χ2n) is 6.62. The summed E-state index contributed by atoms with van der Waals surface area (Å²) in [7, 11) is 0. The third-order valence-electron chi connectivity index (χ3n) is 5.18. The number of nitrogens with one attached hydrogen (secondary N) is 1. The van der Waals surface area contributed by atoms with Crippen molar-refractivity contribution in [3.8, 4) is 0 Å². The second-order valence-corrected chi connectivity index (χ2v) is 6.62. The Bertz CT molecular complexity index is 218. The van der Waals surface area contributed by atoms with Crippen LogP contribution in [0.2, 0.25) is 0 Å². The maximum absolute atomic E-state index is 3.91. The van der Waals surface area contributed by atoms with Gasteiger partial charge in [-0.1, -0.05) is 19.8 Å². The zero-order chi connectivity index (χ0) is 11.0. The summed E-state index contributed by atoms with van der Waals surface area (Å²) >= 11 is 0. The van der Waals surface area contributed by atoms with Gasteiger partial charge >= 0.3 is 0 Å². The Morgan fingerprint density at radius 3 is 2.12 bits per heavy atom. The molecule has 92 valence electrons. The molecule has 0 aliphatic heterocycles. The highest BCUT2D eigenvalue weighted by Crippen LogP contribution is 2.48. The van der Waals surface area contributed by atoms with Gasteiger partial charge in [-0.05, 0) is 68.7 Å². The van der Waals surface area contributed by atoms with Crippen molar-refractivity contribution < 1.29 is 0 Å². The Morgan fingerprint density at radius 2 is 1.56 bits per heavy atom. The van der Waals surface area contributed by atoms with Crippen molar-refractivity contribution in [2.75, 3.05) is 6.54 Å². The van der Waals surface area contributed by atoms with Crippen molar-refractivity contribution in [1.29, 1.82) is 0 Å². The Kier molecular flexibility index (Phi) is 3.24. The lowest BCUT2D eigenvalue weighted by atomic mass is 9.85. The largest absolute Gasteiger partial charge is 0.313 e. The molecule has 0 heterocycles. The summed E-state index contributed by atoms with van der Waals surface area (Å²) in [6, 6.07) is 0.841. The molecule has 1 heteroatoms. The average molecular weight is 221 g/mol. The van der Waals surface area contributed by atoms with Gasteiger partial charge in [0.15, 0.2) is 0 Å². The van der Waals surface area contributed by atoms with Crippen LogP contribution in [0, 0.1) is 23.7 Å². The lowest BCUT2D eigenvalue weighted by Crippen LogP contribution is -2.40. The van der Waals surface area contributed by atoms with Crippen molar-refractivity contribution >= 4 is 0 Å². The summed E-state index contributed by atoms with van der Waals surface area (Å²) in [5, 5.41) is 3.91. The summed E-state index contributed by atoms with van der Waals surface area (Å²) in [5.74, 6) is 4.19. The van der Waals surface area contributed by atoms with Gasteiger partial charge in [-0.25, -0.2) is 0 Å². The van der Waals surface area contributed by atoms with Crippen molar-refractivity contribution in [2.24, 2.45) is 23.7 Å². The quantitative estimate of drug-likeness (QED) is 0.748. The third kappa shape index (κ3) is 2.61. The molecule has 3 rings (SSSR count). The van der Waals surface area contributed by atoms with Gasteiger partial charge in [0.2, 0.25) is 0 Å². The van der Waals surface area contributed by atoms with E-state index in [1.54, 1.807) is 0 Å². The van der Waals surface area contributed by atoms with Crippen LogP contribution in [0.4, 0.5) is 0 Å². The minimum Gasteiger partial charge on any atom is -0.313 e. The van der Waals surface area contributed by atoms with E-state index in [2.05, 4.69) is 12.2 Å². The van der Waals surface area contributed by atoms with E-state index in [4.69, 9.17) is 0 Å². The first-order valence-corrected chi connectivity index (χ1v) is 7.58. The van der Waals surface area contributed by atoms with Crippen LogP contribution in [0.3, 0.4) is 0 Å². The maximum Gasteiger partial charge on any atom is 0.00928 e. The first-order chi connectivity index (χ1) is 7.84. The molecule has 3 aliphatic carbocycles. The van der Waals surface area contributed by atoms with Crippen LogP contribution < -0.4 is 5.32 Å². The first-order valence-electron chi connectivity index (χ1n) is 7.58. The van der Waals surface area contributed by atoms with E-state index in [0.29, 0.717) is 0 Å². The predicted octanol–water partition coefficient (Wildman–Crippen LogP) is 3.59. The second kappa shape index (κ2) is 4.68. The van der Waals surface area contributed by atoms with Gasteiger partial charge in [-0.2, -0.15) is 0 Å².